The standard InChI is InChI=1S/C19H24N2S.C15H20O3.ClH/c1-4-20(5-2)15(3)14-21-16-10-6-8-12-18(16)22-19-13-9-7-11-17(19)21;1-9-5-4-8-15(3)13(18-15)12-11(7-6-9)10(2)14(16)17-12;/h6-13,15H,4-5,14H2,1-3H3;5,11-13H,2,4,6-8H2,1,3H3;1H. The van der Waals surface area contributed by atoms with Gasteiger partial charge in [0.05, 0.1) is 17.0 Å². The molecule has 0 N–H and O–H groups in total. The average Bonchev–Trinajstić information content (AvgIpc) is 3.54. The van der Waals surface area contributed by atoms with E-state index in [0.29, 0.717) is 11.6 Å². The molecule has 2 fully saturated rings. The van der Waals surface area contributed by atoms with E-state index in [4.69, 9.17) is 9.47 Å². The lowest BCUT2D eigenvalue weighted by Gasteiger charge is -2.37. The molecule has 41 heavy (non-hydrogen) atoms. The van der Waals surface area contributed by atoms with Gasteiger partial charge in [-0.1, -0.05) is 68.1 Å². The number of allylic oxidation sites excluding steroid dienone is 2. The summed E-state index contributed by atoms with van der Waals surface area (Å²) in [5.74, 6) is -0.102. The van der Waals surface area contributed by atoms with Gasteiger partial charge in [0.15, 0.2) is 0 Å². The molecule has 0 amide bonds. The van der Waals surface area contributed by atoms with E-state index in [1.54, 1.807) is 0 Å². The number of anilines is 2. The smallest absolute Gasteiger partial charge is 0.334 e. The van der Waals surface area contributed by atoms with Gasteiger partial charge in [-0.05, 0) is 83.8 Å². The molecule has 6 rings (SSSR count). The minimum Gasteiger partial charge on any atom is -0.455 e. The molecule has 0 radical (unpaired) electrons. The van der Waals surface area contributed by atoms with Crippen LogP contribution >= 0.6 is 24.2 Å². The number of carbonyl (C=O) groups is 1. The summed E-state index contributed by atoms with van der Waals surface area (Å²) in [4.78, 5) is 19.4. The minimum atomic E-state index is -0.233. The predicted molar refractivity (Wildman–Crippen MR) is 172 cm³/mol. The van der Waals surface area contributed by atoms with Crippen LogP contribution in [0.4, 0.5) is 11.4 Å². The monoisotopic (exact) mass is 596 g/mol. The molecule has 222 valence electrons. The summed E-state index contributed by atoms with van der Waals surface area (Å²) in [5.41, 5.74) is 4.59. The van der Waals surface area contributed by atoms with Gasteiger partial charge in [0, 0.05) is 33.9 Å². The number of rotatable bonds is 5. The van der Waals surface area contributed by atoms with E-state index in [1.807, 2.05) is 11.8 Å². The van der Waals surface area contributed by atoms with E-state index in [9.17, 15) is 4.79 Å². The molecule has 1 aliphatic carbocycles. The number of ether oxygens (including phenoxy) is 2. The zero-order chi connectivity index (χ0) is 28.4. The van der Waals surface area contributed by atoms with Crippen molar-refractivity contribution in [2.75, 3.05) is 24.5 Å². The number of carbonyl (C=O) groups excluding carboxylic acids is 1. The fourth-order valence-electron chi connectivity index (χ4n) is 6.41. The second-order valence-electron chi connectivity index (χ2n) is 11.7. The topological polar surface area (TPSA) is 45.3 Å². The molecule has 5 unspecified atom stereocenters. The van der Waals surface area contributed by atoms with Crippen LogP contribution in [0.3, 0.4) is 0 Å². The molecule has 3 aliphatic heterocycles. The average molecular weight is 597 g/mol. The molecule has 5 atom stereocenters. The number of nitrogens with zero attached hydrogens (tertiary/aromatic N) is 2. The number of halogens is 1. The summed E-state index contributed by atoms with van der Waals surface area (Å²) in [6, 6.07) is 18.0. The first-order valence-corrected chi connectivity index (χ1v) is 15.7. The summed E-state index contributed by atoms with van der Waals surface area (Å²) in [7, 11) is 0. The summed E-state index contributed by atoms with van der Waals surface area (Å²) in [5, 5.41) is 0. The first-order valence-electron chi connectivity index (χ1n) is 14.9. The number of epoxide rings is 1. The SMILES string of the molecule is C=C1C(=O)OC2C1CCC(C)=CCCC1(C)OC21.CCN(CC)C(C)CN1c2ccccc2Sc2ccccc21.Cl. The van der Waals surface area contributed by atoms with Crippen LogP contribution in [0, 0.1) is 5.92 Å². The Morgan fingerprint density at radius 3 is 2.32 bits per heavy atom. The van der Waals surface area contributed by atoms with Crippen molar-refractivity contribution in [2.24, 2.45) is 5.92 Å². The Morgan fingerprint density at radius 1 is 1.10 bits per heavy atom. The van der Waals surface area contributed by atoms with Gasteiger partial charge < -0.3 is 14.4 Å². The third-order valence-corrected chi connectivity index (χ3v) is 10.1. The van der Waals surface area contributed by atoms with Gasteiger partial charge in [-0.3, -0.25) is 4.90 Å². The second-order valence-corrected chi connectivity index (χ2v) is 12.8. The summed E-state index contributed by atoms with van der Waals surface area (Å²) in [6.45, 7) is 18.2. The van der Waals surface area contributed by atoms with E-state index in [1.165, 1.54) is 26.7 Å². The lowest BCUT2D eigenvalue weighted by Crippen LogP contribution is -2.41. The summed E-state index contributed by atoms with van der Waals surface area (Å²) in [6.07, 6.45) is 6.25. The highest BCUT2D eigenvalue weighted by atomic mass is 35.5. The van der Waals surface area contributed by atoms with Crippen LogP contribution in [0.1, 0.15) is 60.3 Å². The predicted octanol–water partition coefficient (Wildman–Crippen LogP) is 8.20. The highest BCUT2D eigenvalue weighted by Gasteiger charge is 2.61. The minimum absolute atomic E-state index is 0. The van der Waals surface area contributed by atoms with Gasteiger partial charge in [-0.15, -0.1) is 12.4 Å². The molecule has 0 aromatic heterocycles. The van der Waals surface area contributed by atoms with E-state index in [0.717, 1.165) is 45.3 Å². The molecular formula is C34H45ClN2O3S. The van der Waals surface area contributed by atoms with E-state index in [2.05, 4.69) is 106 Å². The lowest BCUT2D eigenvalue weighted by molar-refractivity contribution is -0.140. The number of hydrogen-bond donors (Lipinski definition) is 0. The first-order chi connectivity index (χ1) is 19.3. The van der Waals surface area contributed by atoms with Crippen LogP contribution in [0.5, 0.6) is 0 Å². The van der Waals surface area contributed by atoms with Crippen LogP contribution in [0.15, 0.2) is 82.1 Å². The molecule has 2 saturated heterocycles. The maximum Gasteiger partial charge on any atom is 0.334 e. The Bertz CT molecular complexity index is 1230. The fraction of sp³-hybridized carbons (Fsp3) is 0.500. The Balaban J connectivity index is 0.000000188. The maximum atomic E-state index is 11.7. The van der Waals surface area contributed by atoms with Gasteiger partial charge in [-0.2, -0.15) is 0 Å². The molecule has 5 nitrogen and oxygen atoms in total. The molecule has 0 bridgehead atoms. The van der Waals surface area contributed by atoms with Gasteiger partial charge >= 0.3 is 5.97 Å². The van der Waals surface area contributed by atoms with Gasteiger partial charge in [0.2, 0.25) is 0 Å². The normalized spacial score (nSPS) is 27.0. The zero-order valence-corrected chi connectivity index (χ0v) is 26.7. The van der Waals surface area contributed by atoms with Crippen molar-refractivity contribution in [3.63, 3.8) is 0 Å². The maximum absolute atomic E-state index is 11.7. The molecule has 0 saturated carbocycles. The van der Waals surface area contributed by atoms with Crippen LogP contribution in [-0.4, -0.2) is 54.4 Å². The number of hydrogen-bond acceptors (Lipinski definition) is 6. The van der Waals surface area contributed by atoms with Gasteiger partial charge in [-0.25, -0.2) is 4.79 Å². The van der Waals surface area contributed by atoms with Crippen molar-refractivity contribution in [2.45, 2.75) is 93.9 Å². The third-order valence-electron chi connectivity index (χ3n) is 8.99. The Hall–Kier alpha value is -2.25. The number of esters is 1. The van der Waals surface area contributed by atoms with Crippen molar-refractivity contribution in [1.82, 2.24) is 4.90 Å². The molecule has 7 heteroatoms. The van der Waals surface area contributed by atoms with Crippen LogP contribution in [-0.2, 0) is 14.3 Å². The molecule has 2 aromatic rings. The zero-order valence-electron chi connectivity index (χ0n) is 25.1. The van der Waals surface area contributed by atoms with Gasteiger partial charge in [0.25, 0.3) is 0 Å². The molecule has 2 aromatic carbocycles. The van der Waals surface area contributed by atoms with Crippen molar-refractivity contribution >= 4 is 41.5 Å². The fourth-order valence-corrected chi connectivity index (χ4v) is 7.50. The summed E-state index contributed by atoms with van der Waals surface area (Å²) < 4.78 is 11.3. The van der Waals surface area contributed by atoms with Crippen molar-refractivity contribution in [3.8, 4) is 0 Å². The molecule has 3 heterocycles. The van der Waals surface area contributed by atoms with E-state index >= 15 is 0 Å². The lowest BCUT2D eigenvalue weighted by atomic mass is 9.84. The van der Waals surface area contributed by atoms with Crippen molar-refractivity contribution < 1.29 is 14.3 Å². The van der Waals surface area contributed by atoms with Crippen molar-refractivity contribution in [3.05, 3.63) is 72.3 Å². The van der Waals surface area contributed by atoms with Crippen LogP contribution in [0.25, 0.3) is 0 Å². The summed E-state index contributed by atoms with van der Waals surface area (Å²) >= 11 is 1.88. The Labute approximate surface area is 256 Å². The number of benzene rings is 2. The molecular weight excluding hydrogens is 552 g/mol. The number of fused-ring (bicyclic) bond motifs is 5. The van der Waals surface area contributed by atoms with E-state index < -0.39 is 0 Å². The Kier molecular flexibility index (Phi) is 10.3. The largest absolute Gasteiger partial charge is 0.455 e. The first kappa shape index (κ1) is 31.7. The van der Waals surface area contributed by atoms with Crippen LogP contribution < -0.4 is 4.90 Å². The van der Waals surface area contributed by atoms with E-state index in [-0.39, 0.29) is 42.1 Å². The number of likely N-dealkylation sites (N-methyl/N-ethyl adjacent to an activating group) is 1. The highest BCUT2D eigenvalue weighted by molar-refractivity contribution is 7.99. The quantitative estimate of drug-likeness (QED) is 0.150. The molecule has 0 spiro atoms. The number of para-hydroxylation sites is 2. The molecule has 4 aliphatic rings. The van der Waals surface area contributed by atoms with Crippen LogP contribution in [0.2, 0.25) is 0 Å². The highest BCUT2D eigenvalue weighted by Crippen LogP contribution is 2.50. The van der Waals surface area contributed by atoms with Gasteiger partial charge in [0.1, 0.15) is 12.2 Å². The third kappa shape index (κ3) is 6.72. The Morgan fingerprint density at radius 2 is 1.71 bits per heavy atom. The van der Waals surface area contributed by atoms with Crippen molar-refractivity contribution in [1.29, 1.82) is 0 Å². The second kappa shape index (κ2) is 13.4.